The Morgan fingerprint density at radius 2 is 1.09 bits per heavy atom. The fourth-order valence-electron chi connectivity index (χ4n) is 0.861. The van der Waals surface area contributed by atoms with Crippen LogP contribution in [-0.4, -0.2) is 42.4 Å². The van der Waals surface area contributed by atoms with E-state index in [2.05, 4.69) is 5.73 Å². The Labute approximate surface area is 114 Å². The minimum absolute atomic E-state index is 1.00. The first kappa shape index (κ1) is 22.9. The van der Waals surface area contributed by atoms with Gasteiger partial charge in [-0.25, -0.2) is 4.39 Å². The lowest BCUT2D eigenvalue weighted by Crippen LogP contribution is -2.72. The number of aliphatic carboxylic acids is 1. The molecule has 14 heteroatoms. The number of halogens is 11. The first-order valence-corrected chi connectivity index (χ1v) is 4.94. The topological polar surface area (TPSA) is 67.8 Å². The summed E-state index contributed by atoms with van der Waals surface area (Å²) in [6.45, 7) is 3.01. The van der Waals surface area contributed by atoms with Crippen molar-refractivity contribution in [3.05, 3.63) is 0 Å². The minimum Gasteiger partial charge on any atom is -0.544 e. The molecule has 0 rings (SSSR count). The normalized spacial score (nSPS) is 14.2. The van der Waals surface area contributed by atoms with Gasteiger partial charge in [0.1, 0.15) is 5.97 Å². The van der Waals surface area contributed by atoms with E-state index in [1.54, 1.807) is 0 Å². The molecule has 0 saturated heterocycles. The van der Waals surface area contributed by atoms with Crippen LogP contribution in [0.4, 0.5) is 48.3 Å². The van der Waals surface area contributed by atoms with E-state index in [1.807, 2.05) is 6.92 Å². The molecule has 0 amide bonds. The fraction of sp³-hybridized carbons (Fsp3) is 0.875. The Balaban J connectivity index is 0. The molecular formula is C8H8F11NO2. The predicted molar refractivity (Wildman–Crippen MR) is 44.3 cm³/mol. The van der Waals surface area contributed by atoms with E-state index < -0.39 is 35.8 Å². The van der Waals surface area contributed by atoms with Crippen LogP contribution >= 0.6 is 0 Å². The van der Waals surface area contributed by atoms with Crippen LogP contribution in [0.5, 0.6) is 0 Å². The molecule has 134 valence electrons. The van der Waals surface area contributed by atoms with Crippen molar-refractivity contribution in [2.24, 2.45) is 0 Å². The smallest absolute Gasteiger partial charge is 0.438 e. The third kappa shape index (κ3) is 3.52. The zero-order valence-corrected chi connectivity index (χ0v) is 10.4. The van der Waals surface area contributed by atoms with Gasteiger partial charge in [-0.15, -0.1) is 0 Å². The number of hydrogen-bond acceptors (Lipinski definition) is 2. The molecule has 0 aromatic carbocycles. The van der Waals surface area contributed by atoms with Crippen LogP contribution in [0.3, 0.4) is 0 Å². The van der Waals surface area contributed by atoms with Crippen LogP contribution < -0.4 is 10.8 Å². The van der Waals surface area contributed by atoms with E-state index in [0.717, 1.165) is 6.54 Å². The van der Waals surface area contributed by atoms with Crippen molar-refractivity contribution in [3.8, 4) is 0 Å². The number of rotatable bonds is 3. The van der Waals surface area contributed by atoms with Gasteiger partial charge >= 0.3 is 29.9 Å². The van der Waals surface area contributed by atoms with E-state index in [-0.39, 0.29) is 0 Å². The van der Waals surface area contributed by atoms with Gasteiger partial charge in [0.15, 0.2) is 0 Å². The molecule has 0 aliphatic heterocycles. The number of carboxylic acids is 1. The maximum absolute atomic E-state index is 12.7. The van der Waals surface area contributed by atoms with E-state index in [1.165, 1.54) is 0 Å². The molecule has 0 aromatic rings. The molecule has 22 heavy (non-hydrogen) atoms. The molecule has 0 atom stereocenters. The molecule has 0 aromatic heterocycles. The van der Waals surface area contributed by atoms with Crippen LogP contribution in [0, 0.1) is 0 Å². The number of quaternary nitrogens is 1. The van der Waals surface area contributed by atoms with Gasteiger partial charge in [0, 0.05) is 0 Å². The van der Waals surface area contributed by atoms with Crippen LogP contribution in [0.25, 0.3) is 0 Å². The van der Waals surface area contributed by atoms with Gasteiger partial charge in [0.25, 0.3) is 0 Å². The summed E-state index contributed by atoms with van der Waals surface area (Å²) in [6, 6.07) is 0. The van der Waals surface area contributed by atoms with Crippen LogP contribution in [0.2, 0.25) is 0 Å². The Bertz CT molecular complexity index is 373. The molecular weight excluding hydrogens is 351 g/mol. The second-order valence-corrected chi connectivity index (χ2v) is 3.59. The van der Waals surface area contributed by atoms with Crippen LogP contribution in [0.1, 0.15) is 6.92 Å². The molecule has 0 aliphatic rings. The fourth-order valence-corrected chi connectivity index (χ4v) is 0.861. The van der Waals surface area contributed by atoms with E-state index in [0.29, 0.717) is 0 Å². The second kappa shape index (κ2) is 6.42. The number of carbonyl (C=O) groups excluding carboxylic acids is 1. The van der Waals surface area contributed by atoms with Crippen molar-refractivity contribution < 1.29 is 63.9 Å². The standard InChI is InChI=1S/C6HF11O2.C2H7N/c7-2(8,1(18)19)4(10,11)3(9,5(12,13)14)6(15,16)17;1-2-3/h(H,18,19);2-3H2,1H3. The van der Waals surface area contributed by atoms with Crippen molar-refractivity contribution >= 4 is 5.97 Å². The first-order chi connectivity index (χ1) is 9.36. The van der Waals surface area contributed by atoms with Crippen LogP contribution in [-0.2, 0) is 4.79 Å². The van der Waals surface area contributed by atoms with E-state index in [4.69, 9.17) is 0 Å². The van der Waals surface area contributed by atoms with Crippen molar-refractivity contribution in [2.45, 2.75) is 36.8 Å². The SMILES string of the molecule is CC[NH3+].O=C([O-])C(F)(F)C(F)(F)C(F)(C(F)(F)F)C(F)(F)F. The molecule has 0 heterocycles. The molecule has 0 saturated carbocycles. The third-order valence-electron chi connectivity index (χ3n) is 1.86. The summed E-state index contributed by atoms with van der Waals surface area (Å²) in [5.74, 6) is -19.0. The molecule has 0 radical (unpaired) electrons. The van der Waals surface area contributed by atoms with Crippen molar-refractivity contribution in [1.82, 2.24) is 0 Å². The molecule has 0 aliphatic carbocycles. The summed E-state index contributed by atoms with van der Waals surface area (Å²) in [7, 11) is 0. The molecule has 0 fully saturated rings. The second-order valence-electron chi connectivity index (χ2n) is 3.59. The average Bonchev–Trinajstić information content (AvgIpc) is 2.25. The van der Waals surface area contributed by atoms with E-state index >= 15 is 0 Å². The highest BCUT2D eigenvalue weighted by atomic mass is 19.4. The van der Waals surface area contributed by atoms with Crippen molar-refractivity contribution in [3.63, 3.8) is 0 Å². The van der Waals surface area contributed by atoms with Gasteiger partial charge in [0.05, 0.1) is 6.54 Å². The van der Waals surface area contributed by atoms with Gasteiger partial charge in [-0.3, -0.25) is 0 Å². The van der Waals surface area contributed by atoms with Crippen molar-refractivity contribution in [2.75, 3.05) is 6.54 Å². The summed E-state index contributed by atoms with van der Waals surface area (Å²) in [6.07, 6.45) is -15.1. The Morgan fingerprint density at radius 1 is 0.864 bits per heavy atom. The number of carboxylic acid groups (broad SMARTS) is 1. The maximum Gasteiger partial charge on any atom is 0.438 e. The van der Waals surface area contributed by atoms with Crippen molar-refractivity contribution in [1.29, 1.82) is 0 Å². The zero-order valence-electron chi connectivity index (χ0n) is 10.4. The Hall–Kier alpha value is -1.34. The average molecular weight is 359 g/mol. The first-order valence-electron chi connectivity index (χ1n) is 4.94. The van der Waals surface area contributed by atoms with Gasteiger partial charge in [-0.1, -0.05) is 0 Å². The lowest BCUT2D eigenvalue weighted by Gasteiger charge is -2.39. The Kier molecular flexibility index (Phi) is 6.69. The largest absolute Gasteiger partial charge is 0.544 e. The highest BCUT2D eigenvalue weighted by Gasteiger charge is 2.90. The van der Waals surface area contributed by atoms with Gasteiger partial charge < -0.3 is 15.6 Å². The van der Waals surface area contributed by atoms with E-state index in [9.17, 15) is 58.2 Å². The predicted octanol–water partition coefficient (Wildman–Crippen LogP) is 1.09. The summed E-state index contributed by atoms with van der Waals surface area (Å²) < 4.78 is 133. The molecule has 0 unspecified atom stereocenters. The highest BCUT2D eigenvalue weighted by molar-refractivity contribution is 5.75. The third-order valence-corrected chi connectivity index (χ3v) is 1.86. The number of alkyl halides is 11. The maximum atomic E-state index is 12.7. The quantitative estimate of drug-likeness (QED) is 0.767. The number of hydrogen-bond donors (Lipinski definition) is 1. The summed E-state index contributed by atoms with van der Waals surface area (Å²) in [5.41, 5.74) is -4.28. The Morgan fingerprint density at radius 3 is 1.23 bits per heavy atom. The lowest BCUT2D eigenvalue weighted by atomic mass is 9.91. The summed E-state index contributed by atoms with van der Waals surface area (Å²) in [4.78, 5) is 9.53. The van der Waals surface area contributed by atoms with Crippen LogP contribution in [0.15, 0.2) is 0 Å². The molecule has 3 N–H and O–H groups in total. The zero-order chi connectivity index (χ0) is 18.8. The lowest BCUT2D eigenvalue weighted by molar-refractivity contribution is -0.432. The monoisotopic (exact) mass is 359 g/mol. The van der Waals surface area contributed by atoms with Gasteiger partial charge in [-0.2, -0.15) is 43.9 Å². The molecule has 0 bridgehead atoms. The van der Waals surface area contributed by atoms with Gasteiger partial charge in [0.2, 0.25) is 0 Å². The van der Waals surface area contributed by atoms with Gasteiger partial charge in [-0.05, 0) is 6.92 Å². The summed E-state index contributed by atoms with van der Waals surface area (Å²) in [5, 5.41) is 9.53. The molecule has 0 spiro atoms. The minimum atomic E-state index is -7.77. The highest BCUT2D eigenvalue weighted by Crippen LogP contribution is 2.58. The summed E-state index contributed by atoms with van der Waals surface area (Å²) >= 11 is 0. The number of carbonyl (C=O) groups is 1. The molecule has 3 nitrogen and oxygen atoms in total.